The summed E-state index contributed by atoms with van der Waals surface area (Å²) in [6.07, 6.45) is 1.47. The van der Waals surface area contributed by atoms with Crippen LogP contribution in [0.15, 0.2) is 23.7 Å². The fourth-order valence-electron chi connectivity index (χ4n) is 1.65. The number of nitrogens with zero attached hydrogens (tertiary/aromatic N) is 2. The molecule has 1 unspecified atom stereocenters. The minimum absolute atomic E-state index is 0.217. The molecule has 0 bridgehead atoms. The van der Waals surface area contributed by atoms with Crippen molar-refractivity contribution in [3.8, 4) is 10.6 Å². The second kappa shape index (κ2) is 5.83. The van der Waals surface area contributed by atoms with Gasteiger partial charge in [0.25, 0.3) is 5.91 Å². The monoisotopic (exact) mass is 297 g/mol. The second-order valence-corrected chi connectivity index (χ2v) is 5.01. The third-order valence-corrected chi connectivity index (χ3v) is 3.46. The van der Waals surface area contributed by atoms with Crippen LogP contribution in [0.3, 0.4) is 0 Å². The molecule has 0 aliphatic carbocycles. The number of hydrogen-bond donors (Lipinski definition) is 2. The summed E-state index contributed by atoms with van der Waals surface area (Å²) in [6, 6.07) is 2.06. The van der Waals surface area contributed by atoms with Crippen LogP contribution in [0, 0.1) is 0 Å². The largest absolute Gasteiger partial charge is 0.480 e. The van der Waals surface area contributed by atoms with Gasteiger partial charge in [0.2, 0.25) is 0 Å². The number of carboxylic acids is 1. The number of thiophene rings is 1. The number of alkyl halides is 1. The molecule has 0 saturated carbocycles. The third-order valence-electron chi connectivity index (χ3n) is 2.59. The van der Waals surface area contributed by atoms with Crippen molar-refractivity contribution in [2.24, 2.45) is 7.05 Å². The molecule has 2 rings (SSSR count). The molecule has 6 nitrogen and oxygen atoms in total. The van der Waals surface area contributed by atoms with Crippen molar-refractivity contribution in [3.05, 3.63) is 29.3 Å². The van der Waals surface area contributed by atoms with Gasteiger partial charge in [-0.05, 0) is 11.4 Å². The Hall–Kier alpha value is -2.22. The van der Waals surface area contributed by atoms with Crippen LogP contribution in [0.25, 0.3) is 10.6 Å². The molecular formula is C12H12FN3O3S. The lowest BCUT2D eigenvalue weighted by Crippen LogP contribution is -2.42. The van der Waals surface area contributed by atoms with Gasteiger partial charge in [-0.1, -0.05) is 6.07 Å². The number of aryl methyl sites for hydroxylation is 1. The first-order valence-electron chi connectivity index (χ1n) is 5.70. The van der Waals surface area contributed by atoms with Gasteiger partial charge in [-0.15, -0.1) is 11.3 Å². The summed E-state index contributed by atoms with van der Waals surface area (Å²) in [5.74, 6) is -2.08. The van der Waals surface area contributed by atoms with Gasteiger partial charge in [0.05, 0.1) is 10.4 Å². The molecule has 0 aromatic carbocycles. The maximum absolute atomic E-state index is 12.5. The molecule has 0 spiro atoms. The first-order valence-corrected chi connectivity index (χ1v) is 6.58. The highest BCUT2D eigenvalue weighted by Gasteiger charge is 2.24. The molecule has 1 atom stereocenters. The molecule has 2 N–H and O–H groups in total. The van der Waals surface area contributed by atoms with Crippen LogP contribution in [0.4, 0.5) is 4.39 Å². The number of carbonyl (C=O) groups is 2. The van der Waals surface area contributed by atoms with Crippen molar-refractivity contribution < 1.29 is 19.1 Å². The van der Waals surface area contributed by atoms with E-state index in [2.05, 4.69) is 10.4 Å². The van der Waals surface area contributed by atoms with Crippen LogP contribution in [-0.4, -0.2) is 39.5 Å². The van der Waals surface area contributed by atoms with Crippen LogP contribution < -0.4 is 5.32 Å². The van der Waals surface area contributed by atoms with Gasteiger partial charge >= 0.3 is 5.97 Å². The average Bonchev–Trinajstić information content (AvgIpc) is 3.03. The Morgan fingerprint density at radius 2 is 2.35 bits per heavy atom. The maximum atomic E-state index is 12.5. The quantitative estimate of drug-likeness (QED) is 0.871. The molecule has 8 heteroatoms. The van der Waals surface area contributed by atoms with Crippen LogP contribution in [0.5, 0.6) is 0 Å². The van der Waals surface area contributed by atoms with Crippen LogP contribution in [0.2, 0.25) is 0 Å². The number of amides is 1. The summed E-state index contributed by atoms with van der Waals surface area (Å²) in [4.78, 5) is 23.6. The maximum Gasteiger partial charge on any atom is 0.328 e. The molecule has 0 aliphatic heterocycles. The summed E-state index contributed by atoms with van der Waals surface area (Å²) in [5.41, 5.74) is 0.664. The zero-order valence-corrected chi connectivity index (χ0v) is 11.4. The first kappa shape index (κ1) is 14.2. The smallest absolute Gasteiger partial charge is 0.328 e. The van der Waals surface area contributed by atoms with Crippen molar-refractivity contribution in [1.82, 2.24) is 15.1 Å². The molecule has 0 fully saturated rings. The number of aromatic nitrogens is 2. The van der Waals surface area contributed by atoms with E-state index in [4.69, 9.17) is 5.11 Å². The number of halogens is 1. The SMILES string of the molecule is Cn1cc(C(=O)NC(CF)C(=O)O)c(-c2cccs2)n1. The van der Waals surface area contributed by atoms with Crippen molar-refractivity contribution in [2.45, 2.75) is 6.04 Å². The topological polar surface area (TPSA) is 84.2 Å². The molecule has 0 aliphatic rings. The van der Waals surface area contributed by atoms with Crippen molar-refractivity contribution in [1.29, 1.82) is 0 Å². The van der Waals surface area contributed by atoms with Gasteiger partial charge < -0.3 is 10.4 Å². The average molecular weight is 297 g/mol. The predicted octanol–water partition coefficient (Wildman–Crippen LogP) is 1.30. The molecule has 106 valence electrons. The summed E-state index contributed by atoms with van der Waals surface area (Å²) in [5, 5.41) is 16.9. The number of hydrogen-bond acceptors (Lipinski definition) is 4. The summed E-state index contributed by atoms with van der Waals surface area (Å²) in [6.45, 7) is -1.17. The van der Waals surface area contributed by atoms with Crippen LogP contribution in [0.1, 0.15) is 10.4 Å². The van der Waals surface area contributed by atoms with Crippen molar-refractivity contribution >= 4 is 23.2 Å². The second-order valence-electron chi connectivity index (χ2n) is 4.06. The molecule has 2 aromatic heterocycles. The Bertz CT molecular complexity index is 624. The summed E-state index contributed by atoms with van der Waals surface area (Å²) >= 11 is 1.41. The van der Waals surface area contributed by atoms with E-state index in [-0.39, 0.29) is 5.56 Å². The molecular weight excluding hydrogens is 285 g/mol. The molecule has 2 aromatic rings. The van der Waals surface area contributed by atoms with E-state index >= 15 is 0 Å². The van der Waals surface area contributed by atoms with E-state index in [0.717, 1.165) is 4.88 Å². The number of carbonyl (C=O) groups excluding carboxylic acids is 1. The molecule has 1 amide bonds. The van der Waals surface area contributed by atoms with Gasteiger partial charge in [-0.2, -0.15) is 5.10 Å². The minimum Gasteiger partial charge on any atom is -0.480 e. The number of rotatable bonds is 5. The molecule has 2 heterocycles. The van der Waals surface area contributed by atoms with Gasteiger partial charge in [-0.3, -0.25) is 9.48 Å². The summed E-state index contributed by atoms with van der Waals surface area (Å²) in [7, 11) is 1.65. The van der Waals surface area contributed by atoms with Gasteiger partial charge in [0.15, 0.2) is 6.04 Å². The Kier molecular flexibility index (Phi) is 4.14. The highest BCUT2D eigenvalue weighted by Crippen LogP contribution is 2.26. The normalized spacial score (nSPS) is 12.1. The number of carboxylic acid groups (broad SMARTS) is 1. The van der Waals surface area contributed by atoms with E-state index in [1.54, 1.807) is 13.1 Å². The highest BCUT2D eigenvalue weighted by atomic mass is 32.1. The van der Waals surface area contributed by atoms with E-state index < -0.39 is 24.6 Å². The lowest BCUT2D eigenvalue weighted by molar-refractivity contribution is -0.139. The van der Waals surface area contributed by atoms with E-state index in [1.807, 2.05) is 11.4 Å². The Labute approximate surface area is 117 Å². The van der Waals surface area contributed by atoms with E-state index in [9.17, 15) is 14.0 Å². The zero-order chi connectivity index (χ0) is 14.7. The molecule has 20 heavy (non-hydrogen) atoms. The number of nitrogens with one attached hydrogen (secondary N) is 1. The van der Waals surface area contributed by atoms with Crippen molar-refractivity contribution in [2.75, 3.05) is 6.67 Å². The summed E-state index contributed by atoms with van der Waals surface area (Å²) < 4.78 is 14.0. The third kappa shape index (κ3) is 2.85. The predicted molar refractivity (Wildman–Crippen MR) is 71.4 cm³/mol. The lowest BCUT2D eigenvalue weighted by Gasteiger charge is -2.10. The van der Waals surface area contributed by atoms with Crippen molar-refractivity contribution in [3.63, 3.8) is 0 Å². The van der Waals surface area contributed by atoms with E-state index in [0.29, 0.717) is 5.69 Å². The van der Waals surface area contributed by atoms with Gasteiger partial charge in [0.1, 0.15) is 12.4 Å². The van der Waals surface area contributed by atoms with Gasteiger partial charge in [0, 0.05) is 13.2 Å². The standard InChI is InChI=1S/C12H12FN3O3S/c1-16-6-7(10(15-16)9-3-2-4-20-9)11(17)14-8(5-13)12(18)19/h2-4,6,8H,5H2,1H3,(H,14,17)(H,18,19). The Morgan fingerprint density at radius 3 is 2.90 bits per heavy atom. The molecule has 0 saturated heterocycles. The Morgan fingerprint density at radius 1 is 1.60 bits per heavy atom. The minimum atomic E-state index is -1.56. The fourth-order valence-corrected chi connectivity index (χ4v) is 2.38. The van der Waals surface area contributed by atoms with E-state index in [1.165, 1.54) is 22.2 Å². The number of aliphatic carboxylic acids is 1. The first-order chi connectivity index (χ1) is 9.52. The molecule has 0 radical (unpaired) electrons. The van der Waals surface area contributed by atoms with Crippen LogP contribution in [-0.2, 0) is 11.8 Å². The highest BCUT2D eigenvalue weighted by molar-refractivity contribution is 7.13. The van der Waals surface area contributed by atoms with Gasteiger partial charge in [-0.25, -0.2) is 9.18 Å². The Balaban J connectivity index is 2.29. The lowest BCUT2D eigenvalue weighted by atomic mass is 10.2. The fraction of sp³-hybridized carbons (Fsp3) is 0.250. The zero-order valence-electron chi connectivity index (χ0n) is 10.5. The van der Waals surface area contributed by atoms with Crippen LogP contribution >= 0.6 is 11.3 Å².